The molecule has 0 spiro atoms. The molecule has 6 nitrogen and oxygen atoms in total. The Morgan fingerprint density at radius 3 is 1.86 bits per heavy atom. The summed E-state index contributed by atoms with van der Waals surface area (Å²) in [6, 6.07) is 8.40. The van der Waals surface area contributed by atoms with Crippen molar-refractivity contribution in [2.24, 2.45) is 0 Å². The molecule has 0 aliphatic rings. The van der Waals surface area contributed by atoms with Gasteiger partial charge in [-0.3, -0.25) is 0 Å². The minimum absolute atomic E-state index is 0.0164. The molecule has 3 aromatic rings. The summed E-state index contributed by atoms with van der Waals surface area (Å²) < 4.78 is 0. The van der Waals surface area contributed by atoms with E-state index in [0.717, 1.165) is 16.4 Å². The minimum atomic E-state index is -0.0164. The van der Waals surface area contributed by atoms with Crippen LogP contribution in [0.1, 0.15) is 27.1 Å². The summed E-state index contributed by atoms with van der Waals surface area (Å²) in [6.45, 7) is 2.07. The first-order valence-corrected chi connectivity index (χ1v) is 7.98. The molecule has 0 aliphatic carbocycles. The van der Waals surface area contributed by atoms with Gasteiger partial charge in [0.2, 0.25) is 10.3 Å². The molecule has 0 fully saturated rings. The summed E-state index contributed by atoms with van der Waals surface area (Å²) in [5.74, 6) is -0.0164. The Morgan fingerprint density at radius 2 is 1.43 bits per heavy atom. The van der Waals surface area contributed by atoms with E-state index in [1.54, 1.807) is 0 Å². The molecule has 2 heterocycles. The third-order valence-electron chi connectivity index (χ3n) is 3.07. The molecule has 0 saturated heterocycles. The molecule has 1 aromatic carbocycles. The molecule has 0 bridgehead atoms. The average Bonchev–Trinajstić information content (AvgIpc) is 3.07. The smallest absolute Gasteiger partial charge is 0.203 e. The summed E-state index contributed by atoms with van der Waals surface area (Å²) in [4.78, 5) is 0. The third kappa shape index (κ3) is 3.17. The quantitative estimate of drug-likeness (QED) is 0.764. The average molecular weight is 318 g/mol. The van der Waals surface area contributed by atoms with E-state index in [1.807, 2.05) is 0 Å². The van der Waals surface area contributed by atoms with Gasteiger partial charge in [0.25, 0.3) is 0 Å². The maximum Gasteiger partial charge on any atom is 0.203 e. The van der Waals surface area contributed by atoms with Gasteiger partial charge in [-0.15, -0.1) is 20.4 Å². The third-order valence-corrected chi connectivity index (χ3v) is 4.80. The van der Waals surface area contributed by atoms with E-state index in [4.69, 9.17) is 11.5 Å². The molecule has 0 amide bonds. The van der Waals surface area contributed by atoms with E-state index in [0.29, 0.717) is 10.3 Å². The first-order valence-electron chi connectivity index (χ1n) is 6.35. The Kier molecular flexibility index (Phi) is 3.80. The second-order valence-corrected chi connectivity index (χ2v) is 6.78. The van der Waals surface area contributed by atoms with Crippen LogP contribution in [-0.4, -0.2) is 20.4 Å². The molecule has 0 unspecified atom stereocenters. The molecule has 0 atom stereocenters. The predicted octanol–water partition coefficient (Wildman–Crippen LogP) is 2.24. The lowest BCUT2D eigenvalue weighted by atomic mass is 10.00. The molecule has 8 heteroatoms. The number of hydrogen-bond donors (Lipinski definition) is 2. The van der Waals surface area contributed by atoms with Gasteiger partial charge in [0.15, 0.2) is 0 Å². The molecule has 0 radical (unpaired) electrons. The number of nitrogens with two attached hydrogens (primary N) is 2. The Labute approximate surface area is 129 Å². The Balaban J connectivity index is 1.94. The zero-order chi connectivity index (χ0) is 14.8. The van der Waals surface area contributed by atoms with E-state index < -0.39 is 0 Å². The first-order chi connectivity index (χ1) is 10.1. The topological polar surface area (TPSA) is 104 Å². The monoisotopic (exact) mass is 318 g/mol. The van der Waals surface area contributed by atoms with Crippen molar-refractivity contribution >= 4 is 32.9 Å². The summed E-state index contributed by atoms with van der Waals surface area (Å²) in [5, 5.41) is 18.7. The summed E-state index contributed by atoms with van der Waals surface area (Å²) >= 11 is 2.75. The largest absolute Gasteiger partial charge is 0.374 e. The van der Waals surface area contributed by atoms with E-state index in [1.165, 1.54) is 33.8 Å². The van der Waals surface area contributed by atoms with Crippen molar-refractivity contribution in [3.63, 3.8) is 0 Å². The van der Waals surface area contributed by atoms with Gasteiger partial charge in [-0.2, -0.15) is 0 Å². The fourth-order valence-electron chi connectivity index (χ4n) is 2.01. The van der Waals surface area contributed by atoms with E-state index in [9.17, 15) is 0 Å². The molecule has 2 aromatic heterocycles. The van der Waals surface area contributed by atoms with Crippen LogP contribution in [-0.2, 0) is 6.42 Å². The number of hydrogen-bond acceptors (Lipinski definition) is 8. The Morgan fingerprint density at radius 1 is 0.905 bits per heavy atom. The number of benzene rings is 1. The van der Waals surface area contributed by atoms with Crippen LogP contribution >= 0.6 is 22.7 Å². The van der Waals surface area contributed by atoms with Gasteiger partial charge >= 0.3 is 0 Å². The van der Waals surface area contributed by atoms with Crippen LogP contribution in [0.5, 0.6) is 0 Å². The maximum absolute atomic E-state index is 5.70. The molecule has 21 heavy (non-hydrogen) atoms. The highest BCUT2D eigenvalue weighted by molar-refractivity contribution is 7.16. The van der Waals surface area contributed by atoms with Gasteiger partial charge in [-0.05, 0) is 18.9 Å². The van der Waals surface area contributed by atoms with E-state index >= 15 is 0 Å². The standard InChI is InChI=1S/C13H14N6S2/c1-7-2-4-8(5-3-7)6-9(10-16-18-12(14)20-10)11-17-19-13(15)21-11/h2-5,9H,6H2,1H3,(H2,14,18)(H2,15,19). The summed E-state index contributed by atoms with van der Waals surface area (Å²) in [5.41, 5.74) is 13.8. The van der Waals surface area contributed by atoms with E-state index in [-0.39, 0.29) is 5.92 Å². The molecule has 0 saturated carbocycles. The van der Waals surface area contributed by atoms with Crippen molar-refractivity contribution in [3.05, 3.63) is 45.4 Å². The van der Waals surface area contributed by atoms with Crippen LogP contribution in [0.2, 0.25) is 0 Å². The van der Waals surface area contributed by atoms with Crippen molar-refractivity contribution in [2.45, 2.75) is 19.3 Å². The van der Waals surface area contributed by atoms with Crippen molar-refractivity contribution in [1.82, 2.24) is 20.4 Å². The van der Waals surface area contributed by atoms with Gasteiger partial charge < -0.3 is 11.5 Å². The molecular weight excluding hydrogens is 304 g/mol. The zero-order valence-corrected chi connectivity index (χ0v) is 13.0. The lowest BCUT2D eigenvalue weighted by molar-refractivity contribution is 0.757. The number of anilines is 2. The molecule has 0 aliphatic heterocycles. The van der Waals surface area contributed by atoms with Crippen molar-refractivity contribution in [1.29, 1.82) is 0 Å². The number of nitrogen functional groups attached to an aromatic ring is 2. The SMILES string of the molecule is Cc1ccc(CC(c2nnc(N)s2)c2nnc(N)s2)cc1. The fraction of sp³-hybridized carbons (Fsp3) is 0.231. The van der Waals surface area contributed by atoms with Crippen LogP contribution in [0.3, 0.4) is 0 Å². The van der Waals surface area contributed by atoms with Gasteiger partial charge in [-0.1, -0.05) is 52.5 Å². The molecular formula is C13H14N6S2. The highest BCUT2D eigenvalue weighted by atomic mass is 32.1. The Bertz CT molecular complexity index is 693. The molecule has 3 rings (SSSR count). The number of aryl methyl sites for hydroxylation is 1. The predicted molar refractivity (Wildman–Crippen MR) is 85.4 cm³/mol. The summed E-state index contributed by atoms with van der Waals surface area (Å²) in [7, 11) is 0. The maximum atomic E-state index is 5.70. The van der Waals surface area contributed by atoms with Crippen LogP contribution in [0.15, 0.2) is 24.3 Å². The number of aromatic nitrogens is 4. The van der Waals surface area contributed by atoms with E-state index in [2.05, 4.69) is 51.6 Å². The van der Waals surface area contributed by atoms with Gasteiger partial charge in [-0.25, -0.2) is 0 Å². The lowest BCUT2D eigenvalue weighted by Crippen LogP contribution is -2.05. The van der Waals surface area contributed by atoms with Crippen molar-refractivity contribution in [2.75, 3.05) is 11.5 Å². The second-order valence-electron chi connectivity index (χ2n) is 4.70. The Hall–Kier alpha value is -2.06. The zero-order valence-electron chi connectivity index (χ0n) is 11.4. The fourth-order valence-corrected chi connectivity index (χ4v) is 3.52. The summed E-state index contributed by atoms with van der Waals surface area (Å²) in [6.07, 6.45) is 0.767. The van der Waals surface area contributed by atoms with Crippen LogP contribution < -0.4 is 11.5 Å². The van der Waals surface area contributed by atoms with Gasteiger partial charge in [0.05, 0.1) is 5.92 Å². The van der Waals surface area contributed by atoms with Crippen LogP contribution in [0, 0.1) is 6.92 Å². The second kappa shape index (κ2) is 5.74. The van der Waals surface area contributed by atoms with Crippen LogP contribution in [0.25, 0.3) is 0 Å². The minimum Gasteiger partial charge on any atom is -0.374 e. The van der Waals surface area contributed by atoms with Gasteiger partial charge in [0, 0.05) is 0 Å². The normalized spacial score (nSPS) is 11.1. The highest BCUT2D eigenvalue weighted by Gasteiger charge is 2.23. The van der Waals surface area contributed by atoms with Gasteiger partial charge in [0.1, 0.15) is 10.0 Å². The number of rotatable bonds is 4. The first kappa shape index (κ1) is 13.9. The van der Waals surface area contributed by atoms with Crippen LogP contribution in [0.4, 0.5) is 10.3 Å². The number of nitrogens with zero attached hydrogens (tertiary/aromatic N) is 4. The highest BCUT2D eigenvalue weighted by Crippen LogP contribution is 2.33. The lowest BCUT2D eigenvalue weighted by Gasteiger charge is -2.10. The molecule has 108 valence electrons. The molecule has 4 N–H and O–H groups in total. The van der Waals surface area contributed by atoms with Crippen molar-refractivity contribution < 1.29 is 0 Å². The van der Waals surface area contributed by atoms with Crippen molar-refractivity contribution in [3.8, 4) is 0 Å².